The van der Waals surface area contributed by atoms with E-state index in [0.717, 1.165) is 5.56 Å². The van der Waals surface area contributed by atoms with Crippen molar-refractivity contribution in [2.45, 2.75) is 51.9 Å². The molecule has 1 aromatic rings. The Morgan fingerprint density at radius 3 is 2.36 bits per heavy atom. The Hall–Kier alpha value is -2.35. The molecule has 28 heavy (non-hydrogen) atoms. The zero-order chi connectivity index (χ0) is 21.4. The average molecular weight is 413 g/mol. The minimum absolute atomic E-state index is 0.0551. The number of nitrogens with one attached hydrogen (secondary N) is 1. The van der Waals surface area contributed by atoms with Gasteiger partial charge < -0.3 is 19.9 Å². The number of amides is 1. The number of aliphatic hydroxyl groups excluding tert-OH is 1. The number of hydrogen-bond donors (Lipinski definition) is 2. The van der Waals surface area contributed by atoms with Crippen molar-refractivity contribution in [1.82, 2.24) is 5.32 Å². The van der Waals surface area contributed by atoms with Crippen LogP contribution in [0.25, 0.3) is 0 Å². The number of alkyl carbamates (subject to hydrolysis) is 1. The number of ether oxygens (including phenoxy) is 2. The molecule has 0 spiro atoms. The summed E-state index contributed by atoms with van der Waals surface area (Å²) in [7, 11) is -2.28. The molecule has 156 valence electrons. The van der Waals surface area contributed by atoms with Gasteiger partial charge in [0.05, 0.1) is 0 Å². The van der Waals surface area contributed by atoms with Crippen LogP contribution in [-0.4, -0.2) is 41.3 Å². The van der Waals surface area contributed by atoms with Gasteiger partial charge in [-0.1, -0.05) is 30.3 Å². The van der Waals surface area contributed by atoms with Gasteiger partial charge in [-0.2, -0.15) is 0 Å². The third-order valence-electron chi connectivity index (χ3n) is 3.31. The molecule has 1 aromatic carbocycles. The second-order valence-corrected chi connectivity index (χ2v) is 10.6. The van der Waals surface area contributed by atoms with E-state index in [2.05, 4.69) is 5.32 Å². The smallest absolute Gasteiger partial charge is 0.408 e. The summed E-state index contributed by atoms with van der Waals surface area (Å²) in [6.07, 6.45) is 2.36. The number of carbonyl (C=O) groups excluding carboxylic acids is 2. The number of rotatable bonds is 8. The summed E-state index contributed by atoms with van der Waals surface area (Å²) in [4.78, 5) is 24.5. The fourth-order valence-electron chi connectivity index (χ4n) is 2.21. The van der Waals surface area contributed by atoms with Crippen LogP contribution in [-0.2, 0) is 35.0 Å². The maximum absolute atomic E-state index is 12.5. The Balaban J connectivity index is 2.78. The molecule has 0 saturated carbocycles. The van der Waals surface area contributed by atoms with E-state index in [1.807, 2.05) is 30.3 Å². The molecule has 0 aromatic heterocycles. The predicted molar refractivity (Wildman–Crippen MR) is 109 cm³/mol. The lowest BCUT2D eigenvalue weighted by atomic mass is 10.1. The van der Waals surface area contributed by atoms with Gasteiger partial charge in [0.15, 0.2) is 5.41 Å². The number of allylic oxidation sites excluding steroid dienone is 1. The summed E-state index contributed by atoms with van der Waals surface area (Å²) in [6.45, 7) is 5.20. The molecule has 1 rings (SSSR count). The van der Waals surface area contributed by atoms with Crippen molar-refractivity contribution in [1.29, 1.82) is 0 Å². The topological polar surface area (TPSA) is 102 Å². The Morgan fingerprint density at radius 2 is 1.82 bits per heavy atom. The average Bonchev–Trinajstić information content (AvgIpc) is 2.54. The molecular weight excluding hydrogens is 382 g/mol. The van der Waals surface area contributed by atoms with Gasteiger partial charge in [-0.25, -0.2) is 9.59 Å². The third kappa shape index (κ3) is 10.7. The highest BCUT2D eigenvalue weighted by molar-refractivity contribution is 8.04. The van der Waals surface area contributed by atoms with E-state index in [-0.39, 0.29) is 25.2 Å². The summed E-state index contributed by atoms with van der Waals surface area (Å²) >= 11 is 0. The SMILES string of the molecule is CC(C)(C)OC(=O)N[C@@H](CC/C(O)=C/[S+](C)(C)=O)C(=O)OCc1ccccc1. The highest BCUT2D eigenvalue weighted by Crippen LogP contribution is 2.13. The van der Waals surface area contributed by atoms with Gasteiger partial charge >= 0.3 is 12.1 Å². The molecule has 0 saturated heterocycles. The van der Waals surface area contributed by atoms with E-state index in [1.165, 1.54) is 17.9 Å². The second kappa shape index (κ2) is 10.3. The van der Waals surface area contributed by atoms with Crippen LogP contribution in [0.4, 0.5) is 4.79 Å². The maximum Gasteiger partial charge on any atom is 0.408 e. The molecule has 0 aliphatic rings. The van der Waals surface area contributed by atoms with Crippen molar-refractivity contribution >= 4 is 22.0 Å². The highest BCUT2D eigenvalue weighted by atomic mass is 32.2. The number of hydrogen-bond acceptors (Lipinski definition) is 6. The lowest BCUT2D eigenvalue weighted by Crippen LogP contribution is -2.44. The molecule has 7 nitrogen and oxygen atoms in total. The van der Waals surface area contributed by atoms with Crippen molar-refractivity contribution in [2.75, 3.05) is 12.5 Å². The normalized spacial score (nSPS) is 13.5. The lowest BCUT2D eigenvalue weighted by molar-refractivity contribution is -0.147. The minimum atomic E-state index is -2.28. The van der Waals surface area contributed by atoms with Gasteiger partial charge in [0, 0.05) is 6.42 Å². The first-order valence-electron chi connectivity index (χ1n) is 8.89. The van der Waals surface area contributed by atoms with Gasteiger partial charge in [-0.05, 0) is 32.8 Å². The van der Waals surface area contributed by atoms with Crippen molar-refractivity contribution < 1.29 is 28.4 Å². The number of benzene rings is 1. The first-order valence-corrected chi connectivity index (χ1v) is 11.3. The summed E-state index contributed by atoms with van der Waals surface area (Å²) in [5, 5.41) is 13.7. The standard InChI is InChI=1S/C20H29NO6S/c1-20(2,3)27-19(24)21-17(12-11-16(22)14-28(4,5)25)18(23)26-13-15-9-7-6-8-10-15/h6-10,14,17H,11-13H2,1-5H3,(H-,21,22,24,25)/p+1/t17-/m0/s1. The van der Waals surface area contributed by atoms with Gasteiger partial charge in [-0.15, -0.1) is 4.21 Å². The van der Waals surface area contributed by atoms with Crippen LogP contribution in [0.3, 0.4) is 0 Å². The van der Waals surface area contributed by atoms with Gasteiger partial charge in [0.25, 0.3) is 0 Å². The van der Waals surface area contributed by atoms with Crippen LogP contribution in [0, 0.1) is 0 Å². The Labute approximate surface area is 167 Å². The summed E-state index contributed by atoms with van der Waals surface area (Å²) < 4.78 is 22.2. The van der Waals surface area contributed by atoms with Gasteiger partial charge in [0.2, 0.25) is 0 Å². The predicted octanol–water partition coefficient (Wildman–Crippen LogP) is 3.56. The number of carbonyl (C=O) groups is 2. The van der Waals surface area contributed by atoms with E-state index in [9.17, 15) is 18.9 Å². The zero-order valence-electron chi connectivity index (χ0n) is 17.1. The largest absolute Gasteiger partial charge is 0.508 e. The van der Waals surface area contributed by atoms with Crippen molar-refractivity contribution in [3.63, 3.8) is 0 Å². The zero-order valence-corrected chi connectivity index (χ0v) is 17.9. The van der Waals surface area contributed by atoms with E-state index >= 15 is 0 Å². The van der Waals surface area contributed by atoms with E-state index in [4.69, 9.17) is 9.47 Å². The van der Waals surface area contributed by atoms with E-state index in [1.54, 1.807) is 20.8 Å². The minimum Gasteiger partial charge on any atom is -0.508 e. The van der Waals surface area contributed by atoms with Gasteiger partial charge in [0.1, 0.15) is 46.5 Å². The van der Waals surface area contributed by atoms with Crippen molar-refractivity contribution in [3.8, 4) is 0 Å². The Morgan fingerprint density at radius 1 is 1.21 bits per heavy atom. The molecule has 0 aliphatic heterocycles. The molecule has 0 unspecified atom stereocenters. The third-order valence-corrected chi connectivity index (χ3v) is 4.15. The van der Waals surface area contributed by atoms with E-state index in [0.29, 0.717) is 0 Å². The Bertz CT molecular complexity index is 733. The molecule has 0 bridgehead atoms. The molecule has 1 amide bonds. The molecule has 2 N–H and O–H groups in total. The van der Waals surface area contributed by atoms with E-state index < -0.39 is 33.6 Å². The second-order valence-electron chi connectivity index (χ2n) is 7.75. The van der Waals surface area contributed by atoms with Crippen LogP contribution in [0.1, 0.15) is 39.2 Å². The fraction of sp³-hybridized carbons (Fsp3) is 0.500. The van der Waals surface area contributed by atoms with Crippen LogP contribution < -0.4 is 5.32 Å². The van der Waals surface area contributed by atoms with Crippen LogP contribution in [0.2, 0.25) is 0 Å². The van der Waals surface area contributed by atoms with Gasteiger partial charge in [-0.3, -0.25) is 0 Å². The first kappa shape index (κ1) is 23.7. The molecule has 0 fully saturated rings. The summed E-state index contributed by atoms with van der Waals surface area (Å²) in [5.41, 5.74) is 0.0897. The van der Waals surface area contributed by atoms with Crippen molar-refractivity contribution in [3.05, 3.63) is 47.1 Å². The highest BCUT2D eigenvalue weighted by Gasteiger charge is 2.26. The quantitative estimate of drug-likeness (QED) is 0.384. The lowest BCUT2D eigenvalue weighted by Gasteiger charge is -2.23. The monoisotopic (exact) mass is 412 g/mol. The number of aliphatic hydroxyl groups is 1. The van der Waals surface area contributed by atoms with Crippen LogP contribution in [0.15, 0.2) is 41.5 Å². The molecule has 0 heterocycles. The van der Waals surface area contributed by atoms with Crippen molar-refractivity contribution in [2.24, 2.45) is 0 Å². The summed E-state index contributed by atoms with van der Waals surface area (Å²) in [5.74, 6) is -0.752. The maximum atomic E-state index is 12.5. The first-order chi connectivity index (χ1) is 12.9. The molecular formula is C20H30NO6S+. The Kier molecular flexibility index (Phi) is 8.68. The fourth-order valence-corrected chi connectivity index (χ4v) is 2.98. The number of esters is 1. The molecule has 1 atom stereocenters. The van der Waals surface area contributed by atoms with Crippen LogP contribution >= 0.6 is 0 Å². The van der Waals surface area contributed by atoms with Crippen LogP contribution in [0.5, 0.6) is 0 Å². The summed E-state index contributed by atoms with van der Waals surface area (Å²) in [6, 6.07) is 8.13. The molecule has 0 aliphatic carbocycles. The molecule has 8 heteroatoms. The molecule has 0 radical (unpaired) electrons.